The minimum Gasteiger partial charge on any atom is -0.323 e. The standard InChI is InChI=1S/C9H11N3/c1-7-2-3-8(6-12-7)9(11)4-5-10/h2-3,6,9H,4,11H2,1H3. The molecule has 1 atom stereocenters. The van der Waals surface area contributed by atoms with E-state index in [4.69, 9.17) is 11.0 Å². The SMILES string of the molecule is Cc1ccc(C(N)CC#N)cn1. The molecule has 0 saturated carbocycles. The third-order valence-corrected chi connectivity index (χ3v) is 1.67. The summed E-state index contributed by atoms with van der Waals surface area (Å²) in [5, 5.41) is 8.40. The van der Waals surface area contributed by atoms with Crippen molar-refractivity contribution in [3.63, 3.8) is 0 Å². The molecule has 0 bridgehead atoms. The molecule has 0 fully saturated rings. The molecule has 1 unspecified atom stereocenters. The molecule has 0 aliphatic rings. The molecule has 1 heterocycles. The van der Waals surface area contributed by atoms with E-state index in [9.17, 15) is 0 Å². The van der Waals surface area contributed by atoms with E-state index in [-0.39, 0.29) is 6.04 Å². The van der Waals surface area contributed by atoms with Gasteiger partial charge in [0.15, 0.2) is 0 Å². The van der Waals surface area contributed by atoms with E-state index in [0.29, 0.717) is 6.42 Å². The Kier molecular flexibility index (Phi) is 2.78. The molecule has 1 aromatic heterocycles. The van der Waals surface area contributed by atoms with Crippen LogP contribution in [0.2, 0.25) is 0 Å². The molecular formula is C9H11N3. The van der Waals surface area contributed by atoms with Crippen molar-refractivity contribution in [2.75, 3.05) is 0 Å². The fourth-order valence-corrected chi connectivity index (χ4v) is 0.915. The van der Waals surface area contributed by atoms with Crippen molar-refractivity contribution in [2.24, 2.45) is 5.73 Å². The molecule has 3 nitrogen and oxygen atoms in total. The normalized spacial score (nSPS) is 12.1. The summed E-state index contributed by atoms with van der Waals surface area (Å²) >= 11 is 0. The summed E-state index contributed by atoms with van der Waals surface area (Å²) in [6, 6.07) is 5.62. The van der Waals surface area contributed by atoms with Gasteiger partial charge in [-0.1, -0.05) is 6.07 Å². The number of nitriles is 1. The molecule has 3 heteroatoms. The van der Waals surface area contributed by atoms with E-state index < -0.39 is 0 Å². The van der Waals surface area contributed by atoms with Crippen LogP contribution in [-0.4, -0.2) is 4.98 Å². The largest absolute Gasteiger partial charge is 0.323 e. The maximum absolute atomic E-state index is 8.40. The summed E-state index contributed by atoms with van der Waals surface area (Å²) in [6.07, 6.45) is 2.06. The second kappa shape index (κ2) is 3.84. The van der Waals surface area contributed by atoms with E-state index in [1.165, 1.54) is 0 Å². The summed E-state index contributed by atoms with van der Waals surface area (Å²) in [7, 11) is 0. The van der Waals surface area contributed by atoms with Gasteiger partial charge in [-0.15, -0.1) is 0 Å². The summed E-state index contributed by atoms with van der Waals surface area (Å²) in [5.74, 6) is 0. The maximum Gasteiger partial charge on any atom is 0.0641 e. The Hall–Kier alpha value is -1.40. The summed E-state index contributed by atoms with van der Waals surface area (Å²) < 4.78 is 0. The number of pyridine rings is 1. The Bertz CT molecular complexity index is 284. The van der Waals surface area contributed by atoms with Gasteiger partial charge in [0.25, 0.3) is 0 Å². The summed E-state index contributed by atoms with van der Waals surface area (Å²) in [5.41, 5.74) is 7.57. The number of aromatic nitrogens is 1. The first kappa shape index (κ1) is 8.69. The lowest BCUT2D eigenvalue weighted by Gasteiger charge is -2.06. The highest BCUT2D eigenvalue weighted by Gasteiger charge is 2.04. The van der Waals surface area contributed by atoms with Crippen molar-refractivity contribution in [1.29, 1.82) is 5.26 Å². The maximum atomic E-state index is 8.40. The number of nitrogens with two attached hydrogens (primary N) is 1. The molecule has 0 radical (unpaired) electrons. The second-order valence-electron chi connectivity index (χ2n) is 2.70. The van der Waals surface area contributed by atoms with E-state index >= 15 is 0 Å². The Balaban J connectivity index is 2.76. The van der Waals surface area contributed by atoms with Crippen LogP contribution in [0.1, 0.15) is 23.7 Å². The monoisotopic (exact) mass is 161 g/mol. The van der Waals surface area contributed by atoms with E-state index in [1.54, 1.807) is 6.20 Å². The molecule has 0 aliphatic carbocycles. The van der Waals surface area contributed by atoms with Crippen molar-refractivity contribution in [3.8, 4) is 6.07 Å². The van der Waals surface area contributed by atoms with Crippen LogP contribution >= 0.6 is 0 Å². The quantitative estimate of drug-likeness (QED) is 0.711. The molecule has 0 saturated heterocycles. The summed E-state index contributed by atoms with van der Waals surface area (Å²) in [4.78, 5) is 4.09. The zero-order valence-corrected chi connectivity index (χ0v) is 6.99. The van der Waals surface area contributed by atoms with Gasteiger partial charge in [-0.25, -0.2) is 0 Å². The zero-order chi connectivity index (χ0) is 8.97. The number of nitrogens with zero attached hydrogens (tertiary/aromatic N) is 2. The first-order chi connectivity index (χ1) is 5.74. The smallest absolute Gasteiger partial charge is 0.0641 e. The number of rotatable bonds is 2. The average molecular weight is 161 g/mol. The van der Waals surface area contributed by atoms with Gasteiger partial charge in [-0.2, -0.15) is 5.26 Å². The molecule has 1 rings (SSSR count). The number of hydrogen-bond acceptors (Lipinski definition) is 3. The van der Waals surface area contributed by atoms with Crippen molar-refractivity contribution in [3.05, 3.63) is 29.6 Å². The highest BCUT2D eigenvalue weighted by atomic mass is 14.7. The fourth-order valence-electron chi connectivity index (χ4n) is 0.915. The van der Waals surface area contributed by atoms with Crippen LogP contribution in [0.4, 0.5) is 0 Å². The number of hydrogen-bond donors (Lipinski definition) is 1. The molecule has 0 aliphatic heterocycles. The third kappa shape index (κ3) is 2.04. The topological polar surface area (TPSA) is 62.7 Å². The van der Waals surface area contributed by atoms with Crippen LogP contribution in [0.15, 0.2) is 18.3 Å². The highest BCUT2D eigenvalue weighted by molar-refractivity contribution is 5.17. The van der Waals surface area contributed by atoms with Gasteiger partial charge < -0.3 is 5.73 Å². The first-order valence-electron chi connectivity index (χ1n) is 3.79. The molecule has 2 N–H and O–H groups in total. The van der Waals surface area contributed by atoms with Crippen LogP contribution in [0.25, 0.3) is 0 Å². The second-order valence-corrected chi connectivity index (χ2v) is 2.70. The molecule has 0 aromatic carbocycles. The zero-order valence-electron chi connectivity index (χ0n) is 6.99. The molecule has 12 heavy (non-hydrogen) atoms. The minimum atomic E-state index is -0.205. The van der Waals surface area contributed by atoms with Crippen LogP contribution in [0, 0.1) is 18.3 Å². The van der Waals surface area contributed by atoms with E-state index in [0.717, 1.165) is 11.3 Å². The molecule has 0 spiro atoms. The number of aryl methyl sites for hydroxylation is 1. The Labute approximate surface area is 71.8 Å². The Morgan fingerprint density at radius 2 is 2.42 bits per heavy atom. The van der Waals surface area contributed by atoms with Crippen molar-refractivity contribution < 1.29 is 0 Å². The average Bonchev–Trinajstić information content (AvgIpc) is 2.06. The van der Waals surface area contributed by atoms with Gasteiger partial charge >= 0.3 is 0 Å². The highest BCUT2D eigenvalue weighted by Crippen LogP contribution is 2.11. The lowest BCUT2D eigenvalue weighted by atomic mass is 10.1. The molecule has 0 amide bonds. The lowest BCUT2D eigenvalue weighted by molar-refractivity contribution is 0.743. The third-order valence-electron chi connectivity index (χ3n) is 1.67. The summed E-state index contributed by atoms with van der Waals surface area (Å²) in [6.45, 7) is 1.92. The van der Waals surface area contributed by atoms with Crippen molar-refractivity contribution in [2.45, 2.75) is 19.4 Å². The molecular weight excluding hydrogens is 150 g/mol. The van der Waals surface area contributed by atoms with Crippen molar-refractivity contribution >= 4 is 0 Å². The molecule has 1 aromatic rings. The Morgan fingerprint density at radius 1 is 1.67 bits per heavy atom. The van der Waals surface area contributed by atoms with Crippen LogP contribution < -0.4 is 5.73 Å². The van der Waals surface area contributed by atoms with Crippen molar-refractivity contribution in [1.82, 2.24) is 4.98 Å². The first-order valence-corrected chi connectivity index (χ1v) is 3.79. The fraction of sp³-hybridized carbons (Fsp3) is 0.333. The van der Waals surface area contributed by atoms with Crippen LogP contribution in [-0.2, 0) is 0 Å². The van der Waals surface area contributed by atoms with Crippen LogP contribution in [0.5, 0.6) is 0 Å². The van der Waals surface area contributed by atoms with Gasteiger partial charge in [0.2, 0.25) is 0 Å². The van der Waals surface area contributed by atoms with Crippen LogP contribution in [0.3, 0.4) is 0 Å². The minimum absolute atomic E-state index is 0.205. The van der Waals surface area contributed by atoms with Gasteiger partial charge in [0.1, 0.15) is 0 Å². The van der Waals surface area contributed by atoms with Gasteiger partial charge in [0, 0.05) is 17.9 Å². The van der Waals surface area contributed by atoms with Gasteiger partial charge in [-0.05, 0) is 18.6 Å². The van der Waals surface area contributed by atoms with E-state index in [2.05, 4.69) is 4.98 Å². The van der Waals surface area contributed by atoms with Gasteiger partial charge in [-0.3, -0.25) is 4.98 Å². The molecule has 62 valence electrons. The van der Waals surface area contributed by atoms with E-state index in [1.807, 2.05) is 25.1 Å². The predicted octanol–water partition coefficient (Wildman–Crippen LogP) is 1.30. The predicted molar refractivity (Wildman–Crippen MR) is 46.1 cm³/mol. The lowest BCUT2D eigenvalue weighted by Crippen LogP contribution is -2.09. The Morgan fingerprint density at radius 3 is 2.92 bits per heavy atom. The van der Waals surface area contributed by atoms with Gasteiger partial charge in [0.05, 0.1) is 12.5 Å².